The highest BCUT2D eigenvalue weighted by molar-refractivity contribution is 7.80. The molecule has 0 aromatic heterocycles. The highest BCUT2D eigenvalue weighted by Crippen LogP contribution is 2.37. The molecule has 0 saturated heterocycles. The SMILES string of the molecule is CCOCCCN1C(=O)C2=C(N[C@@H]1c1ccccc1)N(CCOC)C(=S)N[C@H]2c1ccccc1. The maximum atomic E-state index is 14.2. The monoisotopic (exact) mass is 480 g/mol. The van der Waals surface area contributed by atoms with E-state index in [1.165, 1.54) is 0 Å². The van der Waals surface area contributed by atoms with Gasteiger partial charge >= 0.3 is 0 Å². The molecule has 2 aromatic rings. The fraction of sp³-hybridized carbons (Fsp3) is 0.385. The minimum atomic E-state index is -0.339. The Bertz CT molecular complexity index is 1020. The quantitative estimate of drug-likeness (QED) is 0.399. The Morgan fingerprint density at radius 2 is 1.62 bits per heavy atom. The van der Waals surface area contributed by atoms with Gasteiger partial charge in [-0.05, 0) is 36.7 Å². The van der Waals surface area contributed by atoms with Crippen molar-refractivity contribution in [2.24, 2.45) is 0 Å². The zero-order valence-corrected chi connectivity index (χ0v) is 20.5. The molecule has 0 fully saturated rings. The number of nitrogens with zero attached hydrogens (tertiary/aromatic N) is 2. The third kappa shape index (κ3) is 5.09. The Labute approximate surface area is 206 Å². The van der Waals surface area contributed by atoms with Crippen molar-refractivity contribution in [1.82, 2.24) is 20.4 Å². The lowest BCUT2D eigenvalue weighted by atomic mass is 9.93. The lowest BCUT2D eigenvalue weighted by molar-refractivity contribution is -0.132. The van der Waals surface area contributed by atoms with E-state index in [0.29, 0.717) is 43.6 Å². The van der Waals surface area contributed by atoms with Gasteiger partial charge in [0.05, 0.1) is 24.8 Å². The molecule has 2 atom stereocenters. The fourth-order valence-electron chi connectivity index (χ4n) is 4.42. The highest BCUT2D eigenvalue weighted by Gasteiger charge is 2.43. The number of thiocarbonyl (C=S) groups is 1. The minimum Gasteiger partial charge on any atom is -0.383 e. The van der Waals surface area contributed by atoms with Crippen molar-refractivity contribution in [2.75, 3.05) is 40.0 Å². The molecular formula is C26H32N4O3S. The van der Waals surface area contributed by atoms with E-state index in [1.54, 1.807) is 7.11 Å². The summed E-state index contributed by atoms with van der Waals surface area (Å²) in [7, 11) is 1.66. The Morgan fingerprint density at radius 3 is 2.26 bits per heavy atom. The third-order valence-electron chi connectivity index (χ3n) is 6.06. The van der Waals surface area contributed by atoms with Gasteiger partial charge < -0.3 is 29.9 Å². The summed E-state index contributed by atoms with van der Waals surface area (Å²) in [6.07, 6.45) is 0.444. The van der Waals surface area contributed by atoms with Crippen LogP contribution in [0.5, 0.6) is 0 Å². The summed E-state index contributed by atoms with van der Waals surface area (Å²) < 4.78 is 10.9. The van der Waals surface area contributed by atoms with Crippen LogP contribution in [0.15, 0.2) is 72.1 Å². The van der Waals surface area contributed by atoms with Crippen LogP contribution in [0.2, 0.25) is 0 Å². The molecule has 2 aromatic carbocycles. The van der Waals surface area contributed by atoms with Gasteiger partial charge in [-0.15, -0.1) is 0 Å². The van der Waals surface area contributed by atoms with Crippen molar-refractivity contribution in [3.8, 4) is 0 Å². The summed E-state index contributed by atoms with van der Waals surface area (Å²) in [4.78, 5) is 18.0. The number of methoxy groups -OCH3 is 1. The van der Waals surface area contributed by atoms with E-state index in [0.717, 1.165) is 23.4 Å². The smallest absolute Gasteiger partial charge is 0.257 e. The predicted octanol–water partition coefficient (Wildman–Crippen LogP) is 3.33. The number of carbonyl (C=O) groups is 1. The number of ether oxygens (including phenoxy) is 2. The van der Waals surface area contributed by atoms with Crippen LogP contribution in [0.3, 0.4) is 0 Å². The first-order chi connectivity index (χ1) is 16.7. The largest absolute Gasteiger partial charge is 0.383 e. The van der Waals surface area contributed by atoms with E-state index in [2.05, 4.69) is 10.6 Å². The molecule has 7 nitrogen and oxygen atoms in total. The standard InChI is InChI=1S/C26H32N4O3S/c1-3-33-17-10-15-29-23(20-13-8-5-9-14-20)28-24-21(25(29)31)22(19-11-6-4-7-12-19)27-26(34)30(24)16-18-32-2/h4-9,11-14,22-23,28H,3,10,15-18H2,1-2H3,(H,27,34)/t22-,23-/m0/s1. The maximum Gasteiger partial charge on any atom is 0.257 e. The van der Waals surface area contributed by atoms with Gasteiger partial charge in [0.1, 0.15) is 12.0 Å². The van der Waals surface area contributed by atoms with E-state index >= 15 is 0 Å². The first kappa shape index (κ1) is 24.2. The van der Waals surface area contributed by atoms with Crippen LogP contribution in [0.1, 0.15) is 36.7 Å². The van der Waals surface area contributed by atoms with Crippen molar-refractivity contribution >= 4 is 23.2 Å². The van der Waals surface area contributed by atoms with Gasteiger partial charge in [-0.2, -0.15) is 0 Å². The molecule has 0 bridgehead atoms. The second-order valence-corrected chi connectivity index (χ2v) is 8.59. The van der Waals surface area contributed by atoms with E-state index in [-0.39, 0.29) is 18.1 Å². The van der Waals surface area contributed by atoms with Gasteiger partial charge in [0.25, 0.3) is 5.91 Å². The topological polar surface area (TPSA) is 66.1 Å². The van der Waals surface area contributed by atoms with Crippen LogP contribution in [-0.2, 0) is 14.3 Å². The lowest BCUT2D eigenvalue weighted by Crippen LogP contribution is -2.59. The number of hydrogen-bond donors (Lipinski definition) is 2. The van der Waals surface area contributed by atoms with Crippen molar-refractivity contribution < 1.29 is 14.3 Å². The van der Waals surface area contributed by atoms with E-state index in [9.17, 15) is 4.79 Å². The molecule has 8 heteroatoms. The van der Waals surface area contributed by atoms with Crippen LogP contribution < -0.4 is 10.6 Å². The molecule has 2 aliphatic rings. The van der Waals surface area contributed by atoms with Crippen LogP contribution in [0, 0.1) is 0 Å². The molecule has 4 rings (SSSR count). The third-order valence-corrected chi connectivity index (χ3v) is 6.40. The van der Waals surface area contributed by atoms with Crippen LogP contribution >= 0.6 is 12.2 Å². The summed E-state index contributed by atoms with van der Waals surface area (Å²) in [5, 5.41) is 7.64. The number of benzene rings is 2. The number of nitrogens with one attached hydrogen (secondary N) is 2. The molecule has 2 aliphatic heterocycles. The second-order valence-electron chi connectivity index (χ2n) is 8.21. The van der Waals surface area contributed by atoms with Gasteiger partial charge in [0.2, 0.25) is 0 Å². The second kappa shape index (κ2) is 11.5. The summed E-state index contributed by atoms with van der Waals surface area (Å²) in [5.74, 6) is 0.736. The average molecular weight is 481 g/mol. The predicted molar refractivity (Wildman–Crippen MR) is 136 cm³/mol. The summed E-state index contributed by atoms with van der Waals surface area (Å²) >= 11 is 5.75. The van der Waals surface area contributed by atoms with Crippen molar-refractivity contribution in [3.05, 3.63) is 83.2 Å². The fourth-order valence-corrected chi connectivity index (χ4v) is 4.72. The Hall–Kier alpha value is -2.94. The number of carbonyl (C=O) groups excluding carboxylic acids is 1. The average Bonchev–Trinajstić information content (AvgIpc) is 2.87. The zero-order chi connectivity index (χ0) is 23.9. The molecule has 34 heavy (non-hydrogen) atoms. The molecule has 180 valence electrons. The van der Waals surface area contributed by atoms with Crippen LogP contribution in [0.25, 0.3) is 0 Å². The Morgan fingerprint density at radius 1 is 0.941 bits per heavy atom. The van der Waals surface area contributed by atoms with Gasteiger partial charge in [-0.25, -0.2) is 0 Å². The van der Waals surface area contributed by atoms with Crippen molar-refractivity contribution in [1.29, 1.82) is 0 Å². The molecule has 0 radical (unpaired) electrons. The van der Waals surface area contributed by atoms with Gasteiger partial charge in [-0.3, -0.25) is 4.79 Å². The summed E-state index contributed by atoms with van der Waals surface area (Å²) in [6, 6.07) is 19.7. The van der Waals surface area contributed by atoms with E-state index < -0.39 is 0 Å². The van der Waals surface area contributed by atoms with Crippen LogP contribution in [0.4, 0.5) is 0 Å². The molecular weight excluding hydrogens is 448 g/mol. The molecule has 0 spiro atoms. The summed E-state index contributed by atoms with van der Waals surface area (Å²) in [5.41, 5.74) is 2.68. The lowest BCUT2D eigenvalue weighted by Gasteiger charge is -2.47. The molecule has 0 aliphatic carbocycles. The van der Waals surface area contributed by atoms with Gasteiger partial charge in [0, 0.05) is 26.9 Å². The molecule has 2 N–H and O–H groups in total. The minimum absolute atomic E-state index is 0.00892. The highest BCUT2D eigenvalue weighted by atomic mass is 32.1. The number of amides is 1. The van der Waals surface area contributed by atoms with Crippen molar-refractivity contribution in [2.45, 2.75) is 25.6 Å². The van der Waals surface area contributed by atoms with E-state index in [4.69, 9.17) is 21.7 Å². The normalized spacial score (nSPS) is 20.2. The Kier molecular flexibility index (Phi) is 8.16. The number of rotatable bonds is 10. The Balaban J connectivity index is 1.77. The molecule has 0 unspecified atom stereocenters. The molecule has 0 saturated carbocycles. The van der Waals surface area contributed by atoms with Gasteiger partial charge in [-0.1, -0.05) is 60.7 Å². The maximum absolute atomic E-state index is 14.2. The first-order valence-electron chi connectivity index (χ1n) is 11.7. The van der Waals surface area contributed by atoms with Crippen LogP contribution in [-0.4, -0.2) is 60.8 Å². The molecule has 2 heterocycles. The zero-order valence-electron chi connectivity index (χ0n) is 19.7. The van der Waals surface area contributed by atoms with Gasteiger partial charge in [0.15, 0.2) is 5.11 Å². The number of hydrogen-bond acceptors (Lipinski definition) is 5. The van der Waals surface area contributed by atoms with Crippen molar-refractivity contribution in [3.63, 3.8) is 0 Å². The summed E-state index contributed by atoms with van der Waals surface area (Å²) in [6.45, 7) is 4.85. The van der Waals surface area contributed by atoms with E-state index in [1.807, 2.05) is 77.4 Å². The first-order valence-corrected chi connectivity index (χ1v) is 12.1. The molecule has 1 amide bonds.